The minimum absolute atomic E-state index is 0.232. The maximum Gasteiger partial charge on any atom is 0.261 e. The average Bonchev–Trinajstić information content (AvgIpc) is 2.47. The Morgan fingerprint density at radius 1 is 1.23 bits per heavy atom. The van der Waals surface area contributed by atoms with Crippen LogP contribution in [0.25, 0.3) is 0 Å². The number of carbonyl (C=O) groups excluding carboxylic acids is 1. The summed E-state index contributed by atoms with van der Waals surface area (Å²) >= 11 is 0. The van der Waals surface area contributed by atoms with E-state index < -0.39 is 6.10 Å². The number of amides is 1. The Bertz CT molecular complexity index is 670. The van der Waals surface area contributed by atoms with E-state index in [1.54, 1.807) is 19.1 Å². The second-order valence-corrected chi connectivity index (χ2v) is 5.38. The van der Waals surface area contributed by atoms with Gasteiger partial charge in [-0.1, -0.05) is 29.8 Å². The van der Waals surface area contributed by atoms with Crippen molar-refractivity contribution < 1.29 is 13.9 Å². The molecule has 22 heavy (non-hydrogen) atoms. The second-order valence-electron chi connectivity index (χ2n) is 5.38. The van der Waals surface area contributed by atoms with E-state index in [0.717, 1.165) is 11.1 Å². The normalized spacial score (nSPS) is 11.8. The zero-order valence-corrected chi connectivity index (χ0v) is 13.0. The Hall–Kier alpha value is -2.36. The van der Waals surface area contributed by atoms with E-state index in [9.17, 15) is 9.18 Å². The Labute approximate surface area is 130 Å². The zero-order valence-electron chi connectivity index (χ0n) is 13.0. The predicted octanol–water partition coefficient (Wildman–Crippen LogP) is 3.53. The Balaban J connectivity index is 1.92. The minimum atomic E-state index is -0.616. The van der Waals surface area contributed by atoms with Gasteiger partial charge in [-0.25, -0.2) is 4.39 Å². The molecule has 0 fully saturated rings. The van der Waals surface area contributed by atoms with Gasteiger partial charge in [-0.05, 0) is 50.1 Å². The molecule has 2 rings (SSSR count). The monoisotopic (exact) mass is 301 g/mol. The summed E-state index contributed by atoms with van der Waals surface area (Å²) in [6.45, 7) is 5.92. The average molecular weight is 301 g/mol. The fraction of sp³-hybridized carbons (Fsp3) is 0.278. The number of ether oxygens (including phenoxy) is 1. The van der Waals surface area contributed by atoms with Crippen molar-refractivity contribution in [2.45, 2.75) is 33.4 Å². The van der Waals surface area contributed by atoms with Gasteiger partial charge in [-0.15, -0.1) is 0 Å². The Morgan fingerprint density at radius 3 is 2.68 bits per heavy atom. The van der Waals surface area contributed by atoms with Gasteiger partial charge in [0.1, 0.15) is 11.6 Å². The molecule has 1 N–H and O–H groups in total. The number of rotatable bonds is 5. The summed E-state index contributed by atoms with van der Waals surface area (Å²) < 4.78 is 18.8. The molecule has 0 saturated heterocycles. The third kappa shape index (κ3) is 4.32. The number of hydrogen-bond acceptors (Lipinski definition) is 2. The molecule has 2 aromatic rings. The van der Waals surface area contributed by atoms with Crippen LogP contribution in [-0.2, 0) is 11.3 Å². The maximum atomic E-state index is 13.1. The number of nitrogens with one attached hydrogen (secondary N) is 1. The summed E-state index contributed by atoms with van der Waals surface area (Å²) in [6.07, 6.45) is -0.616. The number of aryl methyl sites for hydroxylation is 2. The van der Waals surface area contributed by atoms with Crippen molar-refractivity contribution in [3.8, 4) is 5.75 Å². The second kappa shape index (κ2) is 7.07. The van der Waals surface area contributed by atoms with E-state index >= 15 is 0 Å². The predicted molar refractivity (Wildman–Crippen MR) is 84.3 cm³/mol. The molecule has 116 valence electrons. The van der Waals surface area contributed by atoms with Gasteiger partial charge in [0, 0.05) is 6.54 Å². The molecule has 0 aliphatic carbocycles. The summed E-state index contributed by atoms with van der Waals surface area (Å²) in [7, 11) is 0. The van der Waals surface area contributed by atoms with E-state index in [1.807, 2.05) is 32.0 Å². The van der Waals surface area contributed by atoms with Crippen LogP contribution in [0.1, 0.15) is 23.6 Å². The maximum absolute atomic E-state index is 13.1. The van der Waals surface area contributed by atoms with Gasteiger partial charge < -0.3 is 10.1 Å². The summed E-state index contributed by atoms with van der Waals surface area (Å²) in [4.78, 5) is 12.1. The van der Waals surface area contributed by atoms with Crippen molar-refractivity contribution in [2.75, 3.05) is 0 Å². The summed E-state index contributed by atoms with van der Waals surface area (Å²) in [6, 6.07) is 12.0. The molecule has 0 aromatic heterocycles. The highest BCUT2D eigenvalue weighted by Crippen LogP contribution is 2.20. The van der Waals surface area contributed by atoms with Crippen molar-refractivity contribution in [3.63, 3.8) is 0 Å². The van der Waals surface area contributed by atoms with E-state index in [4.69, 9.17) is 4.74 Å². The Kier molecular flexibility index (Phi) is 5.15. The Morgan fingerprint density at radius 2 is 2.00 bits per heavy atom. The van der Waals surface area contributed by atoms with Crippen LogP contribution < -0.4 is 10.1 Å². The number of hydrogen-bond donors (Lipinski definition) is 1. The first-order chi connectivity index (χ1) is 10.5. The van der Waals surface area contributed by atoms with Crippen LogP contribution in [0.5, 0.6) is 5.75 Å². The van der Waals surface area contributed by atoms with E-state index in [0.29, 0.717) is 11.3 Å². The SMILES string of the molecule is Cc1ccc(OC(C)C(=O)NCc2cccc(F)c2)c(C)c1. The van der Waals surface area contributed by atoms with Crippen LogP contribution >= 0.6 is 0 Å². The highest BCUT2D eigenvalue weighted by atomic mass is 19.1. The molecule has 0 bridgehead atoms. The van der Waals surface area contributed by atoms with Crippen LogP contribution in [0.4, 0.5) is 4.39 Å². The third-order valence-electron chi connectivity index (χ3n) is 3.36. The van der Waals surface area contributed by atoms with Crippen LogP contribution in [0.3, 0.4) is 0 Å². The molecule has 0 spiro atoms. The van der Waals surface area contributed by atoms with E-state index in [-0.39, 0.29) is 18.3 Å². The topological polar surface area (TPSA) is 38.3 Å². The first-order valence-corrected chi connectivity index (χ1v) is 7.22. The molecule has 1 atom stereocenters. The lowest BCUT2D eigenvalue weighted by Crippen LogP contribution is -2.36. The molecule has 0 radical (unpaired) electrons. The van der Waals surface area contributed by atoms with Gasteiger partial charge in [0.2, 0.25) is 0 Å². The molecule has 0 saturated carbocycles. The van der Waals surface area contributed by atoms with Crippen molar-refractivity contribution in [2.24, 2.45) is 0 Å². The first kappa shape index (κ1) is 16.0. The van der Waals surface area contributed by atoms with Crippen molar-refractivity contribution >= 4 is 5.91 Å². The van der Waals surface area contributed by atoms with Crippen LogP contribution in [0, 0.1) is 19.7 Å². The third-order valence-corrected chi connectivity index (χ3v) is 3.36. The highest BCUT2D eigenvalue weighted by Gasteiger charge is 2.15. The first-order valence-electron chi connectivity index (χ1n) is 7.22. The molecule has 2 aromatic carbocycles. The smallest absolute Gasteiger partial charge is 0.261 e. The summed E-state index contributed by atoms with van der Waals surface area (Å²) in [5, 5.41) is 2.75. The van der Waals surface area contributed by atoms with Crippen LogP contribution in [-0.4, -0.2) is 12.0 Å². The number of halogens is 1. The van der Waals surface area contributed by atoms with Gasteiger partial charge in [0.05, 0.1) is 0 Å². The molecule has 1 unspecified atom stereocenters. The quantitative estimate of drug-likeness (QED) is 0.917. The molecule has 0 heterocycles. The van der Waals surface area contributed by atoms with Crippen LogP contribution in [0.2, 0.25) is 0 Å². The molecular formula is C18H20FNO2. The van der Waals surface area contributed by atoms with Gasteiger partial charge in [0.25, 0.3) is 5.91 Å². The zero-order chi connectivity index (χ0) is 16.1. The van der Waals surface area contributed by atoms with Gasteiger partial charge >= 0.3 is 0 Å². The standard InChI is InChI=1S/C18H20FNO2/c1-12-7-8-17(13(2)9-12)22-14(3)18(21)20-11-15-5-4-6-16(19)10-15/h4-10,14H,11H2,1-3H3,(H,20,21). The van der Waals surface area contributed by atoms with Crippen molar-refractivity contribution in [3.05, 3.63) is 65.0 Å². The van der Waals surface area contributed by atoms with Crippen LogP contribution in [0.15, 0.2) is 42.5 Å². The highest BCUT2D eigenvalue weighted by molar-refractivity contribution is 5.80. The summed E-state index contributed by atoms with van der Waals surface area (Å²) in [5.74, 6) is 0.148. The van der Waals surface area contributed by atoms with Gasteiger partial charge in [-0.3, -0.25) is 4.79 Å². The largest absolute Gasteiger partial charge is 0.481 e. The van der Waals surface area contributed by atoms with E-state index in [1.165, 1.54) is 12.1 Å². The summed E-state index contributed by atoms with van der Waals surface area (Å²) in [5.41, 5.74) is 2.85. The van der Waals surface area contributed by atoms with Gasteiger partial charge in [0.15, 0.2) is 6.10 Å². The fourth-order valence-corrected chi connectivity index (χ4v) is 2.16. The van der Waals surface area contributed by atoms with Gasteiger partial charge in [-0.2, -0.15) is 0 Å². The molecule has 1 amide bonds. The van der Waals surface area contributed by atoms with Crippen molar-refractivity contribution in [1.82, 2.24) is 5.32 Å². The molecule has 4 heteroatoms. The molecule has 3 nitrogen and oxygen atoms in total. The lowest BCUT2D eigenvalue weighted by atomic mass is 10.1. The fourth-order valence-electron chi connectivity index (χ4n) is 2.16. The molecule has 0 aliphatic rings. The number of carbonyl (C=O) groups is 1. The molecule has 0 aliphatic heterocycles. The van der Waals surface area contributed by atoms with E-state index in [2.05, 4.69) is 5.32 Å². The lowest BCUT2D eigenvalue weighted by molar-refractivity contribution is -0.127. The van der Waals surface area contributed by atoms with Crippen molar-refractivity contribution in [1.29, 1.82) is 0 Å². The number of benzene rings is 2. The lowest BCUT2D eigenvalue weighted by Gasteiger charge is -2.16. The minimum Gasteiger partial charge on any atom is -0.481 e. The molecular weight excluding hydrogens is 281 g/mol.